The Morgan fingerprint density at radius 1 is 1.23 bits per heavy atom. The second-order valence-corrected chi connectivity index (χ2v) is 5.68. The van der Waals surface area contributed by atoms with E-state index in [9.17, 15) is 0 Å². The van der Waals surface area contributed by atoms with Crippen LogP contribution in [-0.2, 0) is 13.0 Å². The fourth-order valence-corrected chi connectivity index (χ4v) is 3.15. The molecule has 1 unspecified atom stereocenters. The number of rotatable bonds is 4. The number of aryl methyl sites for hydroxylation is 1. The first-order chi connectivity index (χ1) is 10.9. The van der Waals surface area contributed by atoms with Crippen molar-refractivity contribution in [2.24, 2.45) is 0 Å². The highest BCUT2D eigenvalue weighted by Crippen LogP contribution is 2.31. The van der Waals surface area contributed by atoms with Crippen molar-refractivity contribution in [3.05, 3.63) is 66.1 Å². The Morgan fingerprint density at radius 2 is 2.14 bits per heavy atom. The first kappa shape index (κ1) is 13.1. The van der Waals surface area contributed by atoms with Gasteiger partial charge in [0.1, 0.15) is 6.26 Å². The molecule has 3 aromatic rings. The molecule has 1 aliphatic rings. The van der Waals surface area contributed by atoms with Gasteiger partial charge < -0.3 is 14.3 Å². The highest BCUT2D eigenvalue weighted by Gasteiger charge is 2.29. The molecule has 1 aromatic carbocycles. The van der Waals surface area contributed by atoms with Crippen molar-refractivity contribution >= 4 is 6.01 Å². The average Bonchev–Trinajstić information content (AvgIpc) is 3.24. The zero-order chi connectivity index (χ0) is 14.8. The van der Waals surface area contributed by atoms with Crippen LogP contribution in [0.4, 0.5) is 6.01 Å². The Labute approximate surface area is 129 Å². The Kier molecular flexibility index (Phi) is 3.39. The van der Waals surface area contributed by atoms with Crippen LogP contribution in [0, 0.1) is 0 Å². The highest BCUT2D eigenvalue weighted by molar-refractivity contribution is 5.35. The molecule has 5 heteroatoms. The first-order valence-electron chi connectivity index (χ1n) is 7.60. The summed E-state index contributed by atoms with van der Waals surface area (Å²) in [4.78, 5) is 14.2. The quantitative estimate of drug-likeness (QED) is 0.803. The Bertz CT molecular complexity index is 720. The second kappa shape index (κ2) is 5.67. The van der Waals surface area contributed by atoms with Crippen molar-refractivity contribution in [2.45, 2.75) is 25.3 Å². The second-order valence-electron chi connectivity index (χ2n) is 5.68. The summed E-state index contributed by atoms with van der Waals surface area (Å²) in [5, 5.41) is 0. The lowest BCUT2D eigenvalue weighted by atomic mass is 9.92. The zero-order valence-corrected chi connectivity index (χ0v) is 12.3. The van der Waals surface area contributed by atoms with E-state index in [-0.39, 0.29) is 0 Å². The molecule has 1 aliphatic heterocycles. The number of benzene rings is 1. The van der Waals surface area contributed by atoms with Gasteiger partial charge in [-0.15, -0.1) is 0 Å². The molecule has 1 atom stereocenters. The fourth-order valence-electron chi connectivity index (χ4n) is 3.15. The largest absolute Gasteiger partial charge is 0.432 e. The fraction of sp³-hybridized carbons (Fsp3) is 0.294. The number of nitrogens with one attached hydrogen (secondary N) is 1. The van der Waals surface area contributed by atoms with Gasteiger partial charge in [-0.1, -0.05) is 30.3 Å². The minimum absolute atomic E-state index is 0.391. The lowest BCUT2D eigenvalue weighted by Crippen LogP contribution is -2.34. The molecule has 0 radical (unpaired) electrons. The molecule has 3 heterocycles. The summed E-state index contributed by atoms with van der Waals surface area (Å²) in [6.07, 6.45) is 7.23. The van der Waals surface area contributed by atoms with Gasteiger partial charge in [0.05, 0.1) is 30.5 Å². The average molecular weight is 294 g/mol. The summed E-state index contributed by atoms with van der Waals surface area (Å²) < 4.78 is 5.46. The maximum Gasteiger partial charge on any atom is 0.297 e. The summed E-state index contributed by atoms with van der Waals surface area (Å²) >= 11 is 0. The van der Waals surface area contributed by atoms with E-state index in [1.54, 1.807) is 18.8 Å². The third-order valence-electron chi connectivity index (χ3n) is 4.24. The van der Waals surface area contributed by atoms with Gasteiger partial charge in [0, 0.05) is 12.5 Å². The topological polar surface area (TPSA) is 58.0 Å². The number of aromatic nitrogens is 3. The van der Waals surface area contributed by atoms with E-state index in [0.717, 1.165) is 25.9 Å². The van der Waals surface area contributed by atoms with E-state index in [2.05, 4.69) is 50.2 Å². The highest BCUT2D eigenvalue weighted by atomic mass is 16.4. The van der Waals surface area contributed by atoms with Crippen molar-refractivity contribution in [3.63, 3.8) is 0 Å². The number of fused-ring (bicyclic) bond motifs is 1. The van der Waals surface area contributed by atoms with E-state index in [1.165, 1.54) is 17.0 Å². The molecule has 0 fully saturated rings. The summed E-state index contributed by atoms with van der Waals surface area (Å²) in [5.74, 6) is 0.391. The van der Waals surface area contributed by atoms with Gasteiger partial charge in [-0.25, -0.2) is 9.97 Å². The van der Waals surface area contributed by atoms with E-state index in [1.807, 2.05) is 0 Å². The molecule has 4 rings (SSSR count). The normalized spacial score (nSPS) is 17.5. The van der Waals surface area contributed by atoms with Crippen molar-refractivity contribution in [1.82, 2.24) is 15.0 Å². The number of hydrogen-bond acceptors (Lipinski definition) is 4. The van der Waals surface area contributed by atoms with Crippen molar-refractivity contribution in [2.75, 3.05) is 11.4 Å². The monoisotopic (exact) mass is 294 g/mol. The predicted octanol–water partition coefficient (Wildman–Crippen LogP) is 3.13. The Balaban J connectivity index is 1.53. The van der Waals surface area contributed by atoms with Gasteiger partial charge in [0.25, 0.3) is 6.01 Å². The number of H-pyrrole nitrogens is 1. The molecule has 0 aliphatic carbocycles. The molecule has 2 aromatic heterocycles. The minimum atomic E-state index is 0.391. The SMILES string of the molecule is c1ccc(CCC2CN(c3ncco3)Cc3[nH]cnc32)cc1. The number of imidazole rings is 1. The molecule has 0 saturated heterocycles. The van der Waals surface area contributed by atoms with E-state index >= 15 is 0 Å². The lowest BCUT2D eigenvalue weighted by Gasteiger charge is -2.30. The van der Waals surface area contributed by atoms with Crippen LogP contribution in [0.2, 0.25) is 0 Å². The molecule has 5 nitrogen and oxygen atoms in total. The lowest BCUT2D eigenvalue weighted by molar-refractivity contribution is 0.484. The molecule has 1 N–H and O–H groups in total. The van der Waals surface area contributed by atoms with Crippen LogP contribution in [0.5, 0.6) is 0 Å². The van der Waals surface area contributed by atoms with Crippen LogP contribution in [0.3, 0.4) is 0 Å². The maximum absolute atomic E-state index is 5.46. The van der Waals surface area contributed by atoms with E-state index < -0.39 is 0 Å². The van der Waals surface area contributed by atoms with Crippen molar-refractivity contribution in [1.29, 1.82) is 0 Å². The van der Waals surface area contributed by atoms with Crippen molar-refractivity contribution < 1.29 is 4.42 Å². The van der Waals surface area contributed by atoms with Gasteiger partial charge in [-0.2, -0.15) is 0 Å². The van der Waals surface area contributed by atoms with Gasteiger partial charge in [-0.05, 0) is 18.4 Å². The van der Waals surface area contributed by atoms with E-state index in [4.69, 9.17) is 4.42 Å². The molecule has 0 saturated carbocycles. The molecule has 22 heavy (non-hydrogen) atoms. The van der Waals surface area contributed by atoms with Gasteiger partial charge in [0.2, 0.25) is 0 Å². The molecular formula is C17H18N4O. The number of hydrogen-bond donors (Lipinski definition) is 1. The molecule has 0 amide bonds. The third-order valence-corrected chi connectivity index (χ3v) is 4.24. The molecular weight excluding hydrogens is 276 g/mol. The number of anilines is 1. The summed E-state index contributed by atoms with van der Waals surface area (Å²) in [6, 6.07) is 11.3. The smallest absolute Gasteiger partial charge is 0.297 e. The van der Waals surface area contributed by atoms with Gasteiger partial charge in [-0.3, -0.25) is 0 Å². The minimum Gasteiger partial charge on any atom is -0.432 e. The van der Waals surface area contributed by atoms with Gasteiger partial charge in [0.15, 0.2) is 0 Å². The molecule has 112 valence electrons. The van der Waals surface area contributed by atoms with Crippen LogP contribution in [0.25, 0.3) is 0 Å². The number of oxazole rings is 1. The first-order valence-corrected chi connectivity index (χ1v) is 7.60. The van der Waals surface area contributed by atoms with Gasteiger partial charge >= 0.3 is 0 Å². The maximum atomic E-state index is 5.46. The number of nitrogens with zero attached hydrogens (tertiary/aromatic N) is 3. The van der Waals surface area contributed by atoms with Crippen LogP contribution in [0.15, 0.2) is 53.5 Å². The van der Waals surface area contributed by atoms with Crippen LogP contribution in [0.1, 0.15) is 29.3 Å². The zero-order valence-electron chi connectivity index (χ0n) is 12.3. The summed E-state index contributed by atoms with van der Waals surface area (Å²) in [6.45, 7) is 1.67. The summed E-state index contributed by atoms with van der Waals surface area (Å²) in [5.41, 5.74) is 3.73. The Hall–Kier alpha value is -2.56. The molecule has 0 bridgehead atoms. The van der Waals surface area contributed by atoms with Crippen LogP contribution >= 0.6 is 0 Å². The molecule has 0 spiro atoms. The van der Waals surface area contributed by atoms with Crippen LogP contribution in [-0.4, -0.2) is 21.5 Å². The van der Waals surface area contributed by atoms with E-state index in [0.29, 0.717) is 11.9 Å². The predicted molar refractivity (Wildman–Crippen MR) is 83.6 cm³/mol. The van der Waals surface area contributed by atoms with Crippen LogP contribution < -0.4 is 4.90 Å². The summed E-state index contributed by atoms with van der Waals surface area (Å²) in [7, 11) is 0. The number of aromatic amines is 1. The Morgan fingerprint density at radius 3 is 2.95 bits per heavy atom. The third kappa shape index (κ3) is 2.50. The van der Waals surface area contributed by atoms with Crippen molar-refractivity contribution in [3.8, 4) is 0 Å². The standard InChI is InChI=1S/C17H18N4O/c1-2-4-13(5-3-1)6-7-14-10-21(17-18-8-9-22-17)11-15-16(14)20-12-19-15/h1-5,8-9,12,14H,6-7,10-11H2,(H,19,20).